The third-order valence-corrected chi connectivity index (χ3v) is 6.90. The number of benzene rings is 1. The van der Waals surface area contributed by atoms with Gasteiger partial charge in [0.15, 0.2) is 0 Å². The number of hydrogen-bond donors (Lipinski definition) is 1. The molecule has 2 nitrogen and oxygen atoms in total. The zero-order valence-corrected chi connectivity index (χ0v) is 20.3. The minimum atomic E-state index is -0.304. The van der Waals surface area contributed by atoms with Crippen molar-refractivity contribution in [2.24, 2.45) is 0 Å². The van der Waals surface area contributed by atoms with E-state index in [1.165, 1.54) is 22.3 Å². The van der Waals surface area contributed by atoms with E-state index >= 15 is 0 Å². The maximum Gasteiger partial charge on any atom is -0.147 e. The first-order valence-electron chi connectivity index (χ1n) is 8.77. The number of hydrogen-bond acceptors (Lipinski definition) is 2. The Bertz CT molecular complexity index is 644. The number of likely N-dealkylation sites (N-methyl/N-ethyl adjacent to an activating group) is 1. The number of halogens is 2. The molecule has 2 rings (SSSR count). The van der Waals surface area contributed by atoms with Crippen molar-refractivity contribution in [3.63, 3.8) is 0 Å². The Hall–Kier alpha value is -0.0857. The van der Waals surface area contributed by atoms with Crippen LogP contribution in [-0.2, 0) is 23.1 Å². The van der Waals surface area contributed by atoms with E-state index in [0.717, 1.165) is 13.0 Å². The van der Waals surface area contributed by atoms with Gasteiger partial charge in [0.2, 0.25) is 0 Å². The molecule has 1 aliphatic rings. The average molecular weight is 433 g/mol. The van der Waals surface area contributed by atoms with Gasteiger partial charge in [-0.05, 0) is 0 Å². The van der Waals surface area contributed by atoms with Crippen LogP contribution in [0.15, 0.2) is 42.0 Å². The second-order valence-electron chi connectivity index (χ2n) is 8.56. The molecule has 146 valence electrons. The van der Waals surface area contributed by atoms with E-state index in [0.29, 0.717) is 0 Å². The second kappa shape index (κ2) is 10.5. The van der Waals surface area contributed by atoms with Crippen LogP contribution in [-0.4, -0.2) is 31.1 Å². The second-order valence-corrected chi connectivity index (χ2v) is 11.3. The number of nitrogens with zero attached hydrogens (tertiary/aromatic N) is 1. The summed E-state index contributed by atoms with van der Waals surface area (Å²) in [6, 6.07) is 9.00. The summed E-state index contributed by atoms with van der Waals surface area (Å²) in [5, 5.41) is 0. The average Bonchev–Trinajstić information content (AvgIpc) is 2.92. The maximum absolute atomic E-state index is 3.80. The predicted octanol–water partition coefficient (Wildman–Crippen LogP) is 5.43. The molecule has 0 spiro atoms. The molecule has 0 atom stereocenters. The fourth-order valence-corrected chi connectivity index (χ4v) is 4.59. The summed E-state index contributed by atoms with van der Waals surface area (Å²) >= 11 is -0.304. The fraction of sp³-hybridized carbons (Fsp3) is 0.524. The monoisotopic (exact) mass is 432 g/mol. The van der Waals surface area contributed by atoms with Crippen LogP contribution in [0.25, 0.3) is 5.57 Å². The molecule has 0 amide bonds. The molecule has 0 saturated carbocycles. The van der Waals surface area contributed by atoms with Gasteiger partial charge in [-0.3, -0.25) is 0 Å². The zero-order valence-electron chi connectivity index (χ0n) is 17.1. The Labute approximate surface area is 181 Å². The molecule has 26 heavy (non-hydrogen) atoms. The first kappa shape index (κ1) is 25.9. The maximum atomic E-state index is 3.80. The van der Waals surface area contributed by atoms with Crippen LogP contribution in [0, 0.1) is 0 Å². The van der Waals surface area contributed by atoms with Crippen molar-refractivity contribution in [3.8, 4) is 0 Å². The van der Waals surface area contributed by atoms with E-state index in [-0.39, 0.29) is 53.5 Å². The van der Waals surface area contributed by atoms with E-state index < -0.39 is 0 Å². The molecule has 0 radical (unpaired) electrons. The van der Waals surface area contributed by atoms with Gasteiger partial charge in [0, 0.05) is 0 Å². The summed E-state index contributed by atoms with van der Waals surface area (Å²) < 4.78 is 4.02. The summed E-state index contributed by atoms with van der Waals surface area (Å²) in [7, 11) is 4.26. The van der Waals surface area contributed by atoms with E-state index in [2.05, 4.69) is 93.8 Å². The summed E-state index contributed by atoms with van der Waals surface area (Å²) in [4.78, 5) is 2.24. The van der Waals surface area contributed by atoms with Crippen molar-refractivity contribution in [1.29, 1.82) is 0 Å². The third kappa shape index (κ3) is 7.50. The van der Waals surface area contributed by atoms with Crippen LogP contribution >= 0.6 is 24.8 Å². The third-order valence-electron chi connectivity index (χ3n) is 4.14. The summed E-state index contributed by atoms with van der Waals surface area (Å²) in [5.74, 6) is 0. The molecule has 1 aliphatic carbocycles. The Morgan fingerprint density at radius 3 is 2.23 bits per heavy atom. The Kier molecular flexibility index (Phi) is 10.4. The van der Waals surface area contributed by atoms with Crippen molar-refractivity contribution in [2.75, 3.05) is 20.6 Å². The van der Waals surface area contributed by atoms with Gasteiger partial charge in [0.25, 0.3) is 0 Å². The minimum absolute atomic E-state index is 0. The van der Waals surface area contributed by atoms with Crippen LogP contribution in [0.1, 0.15) is 52.2 Å². The largest absolute Gasteiger partial charge is 0.147 e. The number of nitrogens with one attached hydrogen (secondary N) is 1. The summed E-state index contributed by atoms with van der Waals surface area (Å²) in [6.07, 6.45) is 5.83. The van der Waals surface area contributed by atoms with E-state index in [1.807, 2.05) is 0 Å². The molecule has 0 bridgehead atoms. The fourth-order valence-electron chi connectivity index (χ4n) is 2.96. The summed E-state index contributed by atoms with van der Waals surface area (Å²) in [6.45, 7) is 12.6. The van der Waals surface area contributed by atoms with Crippen LogP contribution in [0.2, 0.25) is 0 Å². The first-order valence-corrected chi connectivity index (χ1v) is 10.3. The van der Waals surface area contributed by atoms with E-state index in [9.17, 15) is 0 Å². The Morgan fingerprint density at radius 1 is 1.04 bits per heavy atom. The Morgan fingerprint density at radius 2 is 1.65 bits per heavy atom. The topological polar surface area (TPSA) is 15.3 Å². The van der Waals surface area contributed by atoms with Crippen molar-refractivity contribution >= 4 is 30.4 Å². The molecule has 0 aliphatic heterocycles. The van der Waals surface area contributed by atoms with Crippen LogP contribution < -0.4 is 3.80 Å². The molecule has 0 aromatic heterocycles. The van der Waals surface area contributed by atoms with Crippen molar-refractivity contribution < 1.29 is 19.4 Å². The molecule has 0 heterocycles. The smallest absolute Gasteiger partial charge is 0.147 e. The zero-order chi connectivity index (χ0) is 18.0. The number of allylic oxidation sites excluding steroid dienone is 2. The van der Waals surface area contributed by atoms with Gasteiger partial charge in [0.05, 0.1) is 0 Å². The molecule has 0 unspecified atom stereocenters. The van der Waals surface area contributed by atoms with Gasteiger partial charge >= 0.3 is 158 Å². The van der Waals surface area contributed by atoms with Gasteiger partial charge in [-0.15, -0.1) is 24.8 Å². The molecule has 0 fully saturated rings. The van der Waals surface area contributed by atoms with Gasteiger partial charge in [0.1, 0.15) is 0 Å². The standard InChI is InChI=1S/C17H22N.C4H10N.2ClH.Ti/c1-13(2)16-7-5-6-8-17(16)15-10-9-14(11-15)12-18(3)4;1-4(2,3)5;;;/h5-9,11H,10,12H2,1-4H3;5H,1-3H3;2*1H;/q;-1;;;+1. The van der Waals surface area contributed by atoms with Crippen LogP contribution in [0.4, 0.5) is 0 Å². The Balaban J connectivity index is 0.00000312. The molecule has 5 heteroatoms. The van der Waals surface area contributed by atoms with Gasteiger partial charge in [-0.1, -0.05) is 0 Å². The van der Waals surface area contributed by atoms with Gasteiger partial charge in [-0.25, -0.2) is 0 Å². The van der Waals surface area contributed by atoms with Crippen molar-refractivity contribution in [3.05, 3.63) is 53.1 Å². The number of rotatable bonds is 6. The molecular formula is C21H34Cl2N2Ti. The van der Waals surface area contributed by atoms with Crippen LogP contribution in [0.3, 0.4) is 0 Å². The molecular weight excluding hydrogens is 399 g/mol. The van der Waals surface area contributed by atoms with Crippen molar-refractivity contribution in [2.45, 2.75) is 50.3 Å². The van der Waals surface area contributed by atoms with Crippen molar-refractivity contribution in [1.82, 2.24) is 8.70 Å². The van der Waals surface area contributed by atoms with E-state index in [4.69, 9.17) is 0 Å². The summed E-state index contributed by atoms with van der Waals surface area (Å²) in [5.41, 5.74) is 6.03. The molecule has 1 aromatic carbocycles. The predicted molar refractivity (Wildman–Crippen MR) is 116 cm³/mol. The minimum Gasteiger partial charge on any atom is -0.147 e. The first-order chi connectivity index (χ1) is 11.1. The quantitative estimate of drug-likeness (QED) is 0.603. The van der Waals surface area contributed by atoms with Gasteiger partial charge < -0.3 is 0 Å². The van der Waals surface area contributed by atoms with Crippen LogP contribution in [0.5, 0.6) is 0 Å². The molecule has 0 saturated heterocycles. The normalized spacial score (nSPS) is 14.3. The molecule has 1 aromatic rings. The van der Waals surface area contributed by atoms with E-state index in [1.54, 1.807) is 0 Å². The SMILES string of the molecule is CN(C)CC1=CCC(c2ccccc2[C](C)(C)[Ti][NH]C(C)(C)C)=C1.Cl.Cl. The van der Waals surface area contributed by atoms with Gasteiger partial charge in [-0.2, -0.15) is 0 Å². The molecule has 1 N–H and O–H groups in total.